The van der Waals surface area contributed by atoms with Crippen molar-refractivity contribution in [2.24, 2.45) is 5.73 Å². The molecule has 2 saturated heterocycles. The minimum atomic E-state index is -0.388. The number of piperidine rings is 1. The van der Waals surface area contributed by atoms with Gasteiger partial charge in [-0.2, -0.15) is 0 Å². The first kappa shape index (κ1) is 25.3. The highest BCUT2D eigenvalue weighted by Crippen LogP contribution is 2.37. The van der Waals surface area contributed by atoms with Gasteiger partial charge in [-0.15, -0.1) is 0 Å². The van der Waals surface area contributed by atoms with Gasteiger partial charge in [0.1, 0.15) is 0 Å². The Labute approximate surface area is 218 Å². The van der Waals surface area contributed by atoms with Crippen LogP contribution in [0.2, 0.25) is 0 Å². The van der Waals surface area contributed by atoms with Crippen LogP contribution in [0.25, 0.3) is 22.0 Å². The number of carbonyl (C=O) groups excluding carboxylic acids is 1. The average molecular weight is 507 g/mol. The molecular formula is C29H38N4O2S. The molecule has 2 aliphatic heterocycles. The molecule has 0 unspecified atom stereocenters. The van der Waals surface area contributed by atoms with Gasteiger partial charge in [-0.1, -0.05) is 49.6 Å². The maximum atomic E-state index is 12.4. The second-order valence-corrected chi connectivity index (χ2v) is 11.2. The summed E-state index contributed by atoms with van der Waals surface area (Å²) in [4.78, 5) is 18.2. The van der Waals surface area contributed by atoms with Gasteiger partial charge < -0.3 is 15.5 Å². The number of nitrogens with two attached hydrogens (primary N) is 1. The molecule has 0 atom stereocenters. The minimum absolute atomic E-state index is 0.388. The zero-order valence-corrected chi connectivity index (χ0v) is 22.1. The van der Waals surface area contributed by atoms with E-state index in [1.165, 1.54) is 29.7 Å². The van der Waals surface area contributed by atoms with E-state index in [9.17, 15) is 4.79 Å². The SMILES string of the molecule is CCCCSN1CCC(c2c[nH]c3c(C(N)=O)cc(-c4ccc(CN5CCOCC5)cc4)cc23)CC1. The van der Waals surface area contributed by atoms with Gasteiger partial charge in [0.15, 0.2) is 0 Å². The fraction of sp³-hybridized carbons (Fsp3) is 0.483. The summed E-state index contributed by atoms with van der Waals surface area (Å²) >= 11 is 2.00. The molecule has 7 heteroatoms. The van der Waals surface area contributed by atoms with E-state index in [0.717, 1.165) is 80.8 Å². The summed E-state index contributed by atoms with van der Waals surface area (Å²) in [5.74, 6) is 1.32. The number of nitrogens with one attached hydrogen (secondary N) is 1. The van der Waals surface area contributed by atoms with E-state index >= 15 is 0 Å². The summed E-state index contributed by atoms with van der Waals surface area (Å²) in [5, 5.41) is 1.13. The number of fused-ring (bicyclic) bond motifs is 1. The number of H-pyrrole nitrogens is 1. The number of nitrogens with zero attached hydrogens (tertiary/aromatic N) is 2. The van der Waals surface area contributed by atoms with E-state index in [4.69, 9.17) is 10.5 Å². The van der Waals surface area contributed by atoms with E-state index in [-0.39, 0.29) is 5.91 Å². The predicted octanol–water partition coefficient (Wildman–Crippen LogP) is 5.39. The zero-order chi connectivity index (χ0) is 24.9. The molecule has 2 fully saturated rings. The van der Waals surface area contributed by atoms with Crippen molar-refractivity contribution < 1.29 is 9.53 Å². The summed E-state index contributed by atoms with van der Waals surface area (Å²) in [5.41, 5.74) is 12.0. The van der Waals surface area contributed by atoms with Gasteiger partial charge >= 0.3 is 0 Å². The van der Waals surface area contributed by atoms with E-state index < -0.39 is 0 Å². The van der Waals surface area contributed by atoms with Crippen LogP contribution in [0.1, 0.15) is 60.0 Å². The number of hydrogen-bond donors (Lipinski definition) is 2. The second-order valence-electron chi connectivity index (χ2n) is 10.0. The maximum Gasteiger partial charge on any atom is 0.250 e. The van der Waals surface area contributed by atoms with Crippen LogP contribution in [0, 0.1) is 0 Å². The lowest BCUT2D eigenvalue weighted by Crippen LogP contribution is -2.35. The van der Waals surface area contributed by atoms with Crippen molar-refractivity contribution in [3.8, 4) is 11.1 Å². The van der Waals surface area contributed by atoms with Crippen molar-refractivity contribution in [1.29, 1.82) is 0 Å². The number of amides is 1. The fourth-order valence-electron chi connectivity index (χ4n) is 5.41. The van der Waals surface area contributed by atoms with Gasteiger partial charge in [0.25, 0.3) is 5.91 Å². The van der Waals surface area contributed by atoms with Crippen LogP contribution < -0.4 is 5.73 Å². The number of hydrogen-bond acceptors (Lipinski definition) is 5. The lowest BCUT2D eigenvalue weighted by atomic mass is 9.88. The molecule has 3 aromatic rings. The third kappa shape index (κ3) is 5.80. The van der Waals surface area contributed by atoms with Crippen molar-refractivity contribution in [3.63, 3.8) is 0 Å². The van der Waals surface area contributed by atoms with Crippen LogP contribution in [0.3, 0.4) is 0 Å². The molecule has 192 valence electrons. The summed E-state index contributed by atoms with van der Waals surface area (Å²) in [6.07, 6.45) is 6.91. The van der Waals surface area contributed by atoms with Crippen LogP contribution in [0.15, 0.2) is 42.6 Å². The van der Waals surface area contributed by atoms with E-state index in [1.807, 2.05) is 18.0 Å². The van der Waals surface area contributed by atoms with Gasteiger partial charge in [-0.25, -0.2) is 0 Å². The Bertz CT molecular complexity index is 1160. The van der Waals surface area contributed by atoms with Gasteiger partial charge in [0, 0.05) is 50.1 Å². The number of rotatable bonds is 9. The van der Waals surface area contributed by atoms with Crippen molar-refractivity contribution in [1.82, 2.24) is 14.2 Å². The zero-order valence-electron chi connectivity index (χ0n) is 21.3. The lowest BCUT2D eigenvalue weighted by molar-refractivity contribution is 0.0342. The number of carbonyl (C=O) groups is 1. The van der Waals surface area contributed by atoms with E-state index in [1.54, 1.807) is 0 Å². The number of ether oxygens (including phenoxy) is 1. The molecule has 1 aromatic heterocycles. The number of aromatic nitrogens is 1. The Kier molecular flexibility index (Phi) is 8.32. The molecular weight excluding hydrogens is 468 g/mol. The van der Waals surface area contributed by atoms with Crippen LogP contribution in [0.4, 0.5) is 0 Å². The van der Waals surface area contributed by atoms with Gasteiger partial charge in [0.05, 0.1) is 24.3 Å². The smallest absolute Gasteiger partial charge is 0.250 e. The van der Waals surface area contributed by atoms with Gasteiger partial charge in [0.2, 0.25) is 0 Å². The fourth-order valence-corrected chi connectivity index (χ4v) is 6.55. The Morgan fingerprint density at radius 3 is 2.53 bits per heavy atom. The number of benzene rings is 2. The van der Waals surface area contributed by atoms with Gasteiger partial charge in [-0.3, -0.25) is 14.0 Å². The van der Waals surface area contributed by atoms with E-state index in [0.29, 0.717) is 11.5 Å². The Hall–Kier alpha value is -2.32. The summed E-state index contributed by atoms with van der Waals surface area (Å²) in [7, 11) is 0. The normalized spacial score (nSPS) is 18.1. The topological polar surface area (TPSA) is 74.6 Å². The highest BCUT2D eigenvalue weighted by molar-refractivity contribution is 7.97. The summed E-state index contributed by atoms with van der Waals surface area (Å²) < 4.78 is 7.99. The van der Waals surface area contributed by atoms with Crippen LogP contribution >= 0.6 is 11.9 Å². The van der Waals surface area contributed by atoms with Crippen molar-refractivity contribution in [2.75, 3.05) is 45.1 Å². The number of aromatic amines is 1. The molecule has 36 heavy (non-hydrogen) atoms. The number of primary amides is 1. The lowest BCUT2D eigenvalue weighted by Gasteiger charge is -2.31. The molecule has 0 spiro atoms. The predicted molar refractivity (Wildman–Crippen MR) is 149 cm³/mol. The molecule has 1 amide bonds. The van der Waals surface area contributed by atoms with Crippen molar-refractivity contribution in [3.05, 3.63) is 59.3 Å². The standard InChI is InChI=1S/C29H38N4O2S/c1-2-3-16-36-33-10-8-23(9-11-33)27-19-31-28-25(27)17-24(18-26(28)29(30)34)22-6-4-21(5-7-22)20-32-12-14-35-15-13-32/h4-7,17-19,23,31H,2-3,8-16,20H2,1H3,(H2,30,34). The minimum Gasteiger partial charge on any atom is -0.379 e. The first-order valence-electron chi connectivity index (χ1n) is 13.3. The van der Waals surface area contributed by atoms with Crippen LogP contribution in [-0.4, -0.2) is 65.2 Å². The number of morpholine rings is 1. The Morgan fingerprint density at radius 1 is 1.08 bits per heavy atom. The molecule has 0 aliphatic carbocycles. The van der Waals surface area contributed by atoms with Crippen molar-refractivity contribution in [2.45, 2.75) is 45.1 Å². The number of unbranched alkanes of at least 4 members (excludes halogenated alkanes) is 1. The Morgan fingerprint density at radius 2 is 1.83 bits per heavy atom. The van der Waals surface area contributed by atoms with Crippen LogP contribution in [-0.2, 0) is 11.3 Å². The second kappa shape index (κ2) is 11.8. The molecule has 3 heterocycles. The van der Waals surface area contributed by atoms with Crippen LogP contribution in [0.5, 0.6) is 0 Å². The highest BCUT2D eigenvalue weighted by atomic mass is 32.2. The molecule has 3 N–H and O–H groups in total. The first-order valence-corrected chi connectivity index (χ1v) is 14.3. The molecule has 0 radical (unpaired) electrons. The van der Waals surface area contributed by atoms with Crippen molar-refractivity contribution >= 4 is 28.8 Å². The molecule has 2 aliphatic rings. The average Bonchev–Trinajstić information content (AvgIpc) is 3.34. The maximum absolute atomic E-state index is 12.4. The summed E-state index contributed by atoms with van der Waals surface area (Å²) in [6.45, 7) is 8.98. The first-order chi connectivity index (χ1) is 17.6. The molecule has 5 rings (SSSR count). The molecule has 0 saturated carbocycles. The molecule has 2 aromatic carbocycles. The largest absolute Gasteiger partial charge is 0.379 e. The summed E-state index contributed by atoms with van der Waals surface area (Å²) in [6, 6.07) is 12.9. The monoisotopic (exact) mass is 506 g/mol. The molecule has 6 nitrogen and oxygen atoms in total. The third-order valence-corrected chi connectivity index (χ3v) is 8.75. The molecule has 0 bridgehead atoms. The quantitative estimate of drug-likeness (QED) is 0.301. The highest BCUT2D eigenvalue weighted by Gasteiger charge is 2.24. The van der Waals surface area contributed by atoms with E-state index in [2.05, 4.69) is 57.6 Å². The van der Waals surface area contributed by atoms with Gasteiger partial charge in [-0.05, 0) is 59.6 Å². The third-order valence-electron chi connectivity index (χ3n) is 7.55. The Balaban J connectivity index is 1.36.